The molecule has 1 aliphatic rings. The number of anilines is 1. The first-order valence-electron chi connectivity index (χ1n) is 7.58. The molecule has 130 valence electrons. The number of likely N-dealkylation sites (tertiary alicyclic amines) is 1. The van der Waals surface area contributed by atoms with Crippen LogP contribution in [-0.2, 0) is 9.47 Å². The molecule has 23 heavy (non-hydrogen) atoms. The lowest BCUT2D eigenvalue weighted by molar-refractivity contribution is -0.161. The van der Waals surface area contributed by atoms with Gasteiger partial charge in [-0.1, -0.05) is 0 Å². The minimum atomic E-state index is -0.866. The number of nitrogens with two attached hydrogens (primary N) is 1. The molecule has 1 fully saturated rings. The van der Waals surface area contributed by atoms with Gasteiger partial charge in [-0.15, -0.1) is 0 Å². The number of nitrogens with zero attached hydrogens (tertiary/aromatic N) is 1. The topological polar surface area (TPSA) is 86.4 Å². The van der Waals surface area contributed by atoms with Crippen molar-refractivity contribution in [2.75, 3.05) is 40.7 Å². The summed E-state index contributed by atoms with van der Waals surface area (Å²) in [5, 5.41) is 10.8. The van der Waals surface area contributed by atoms with Gasteiger partial charge < -0.3 is 29.8 Å². The van der Waals surface area contributed by atoms with E-state index in [1.54, 1.807) is 40.6 Å². The standard InChI is InChI=1S/C16H26N2O5/c1-20-13-8-10(11(17)9-14(13)21-2)15(19)18-7-5-6-12(18)16(22-3)23-4/h8-9,12,15-16,19H,5-7,17H2,1-4H3/t12-,15?/m0/s1. The third kappa shape index (κ3) is 3.53. The minimum absolute atomic E-state index is 0.0347. The van der Waals surface area contributed by atoms with Crippen LogP contribution in [-0.4, -0.2) is 57.3 Å². The van der Waals surface area contributed by atoms with E-state index in [9.17, 15) is 5.11 Å². The lowest BCUT2D eigenvalue weighted by Gasteiger charge is -2.33. The summed E-state index contributed by atoms with van der Waals surface area (Å²) in [6, 6.07) is 3.34. The van der Waals surface area contributed by atoms with E-state index in [1.165, 1.54) is 0 Å². The number of benzene rings is 1. The number of methoxy groups -OCH3 is 4. The van der Waals surface area contributed by atoms with Crippen molar-refractivity contribution in [3.63, 3.8) is 0 Å². The van der Waals surface area contributed by atoms with Gasteiger partial charge in [-0.05, 0) is 18.9 Å². The lowest BCUT2D eigenvalue weighted by Crippen LogP contribution is -2.43. The summed E-state index contributed by atoms with van der Waals surface area (Å²) in [4.78, 5) is 1.94. The Morgan fingerprint density at radius 1 is 1.13 bits per heavy atom. The van der Waals surface area contributed by atoms with Crippen LogP contribution in [0.1, 0.15) is 24.6 Å². The third-order valence-electron chi connectivity index (χ3n) is 4.30. The van der Waals surface area contributed by atoms with Crippen molar-refractivity contribution < 1.29 is 24.1 Å². The second-order valence-electron chi connectivity index (χ2n) is 5.50. The summed E-state index contributed by atoms with van der Waals surface area (Å²) in [6.07, 6.45) is 0.581. The van der Waals surface area contributed by atoms with Crippen LogP contribution in [0.5, 0.6) is 11.5 Å². The normalized spacial score (nSPS) is 20.0. The average Bonchev–Trinajstić information content (AvgIpc) is 3.04. The molecule has 7 nitrogen and oxygen atoms in total. The quantitative estimate of drug-likeness (QED) is 0.578. The van der Waals surface area contributed by atoms with E-state index >= 15 is 0 Å². The summed E-state index contributed by atoms with van der Waals surface area (Å²) < 4.78 is 21.3. The van der Waals surface area contributed by atoms with Crippen molar-refractivity contribution in [1.82, 2.24) is 4.90 Å². The highest BCUT2D eigenvalue weighted by Crippen LogP contribution is 2.38. The van der Waals surface area contributed by atoms with Crippen LogP contribution in [0.3, 0.4) is 0 Å². The van der Waals surface area contributed by atoms with E-state index in [1.807, 2.05) is 4.90 Å². The zero-order valence-electron chi connectivity index (χ0n) is 14.1. The van der Waals surface area contributed by atoms with Gasteiger partial charge in [0.1, 0.15) is 6.23 Å². The molecule has 0 saturated carbocycles. The fourth-order valence-electron chi connectivity index (χ4n) is 3.13. The van der Waals surface area contributed by atoms with E-state index in [0.29, 0.717) is 22.7 Å². The van der Waals surface area contributed by atoms with Crippen molar-refractivity contribution >= 4 is 5.69 Å². The summed E-state index contributed by atoms with van der Waals surface area (Å²) >= 11 is 0. The molecule has 1 aromatic rings. The molecular formula is C16H26N2O5. The van der Waals surface area contributed by atoms with E-state index in [-0.39, 0.29) is 6.04 Å². The molecule has 1 aliphatic heterocycles. The first-order chi connectivity index (χ1) is 11.1. The van der Waals surface area contributed by atoms with Gasteiger partial charge in [0, 0.05) is 38.1 Å². The number of ether oxygens (including phenoxy) is 4. The van der Waals surface area contributed by atoms with Crippen LogP contribution in [0.2, 0.25) is 0 Å². The zero-order valence-corrected chi connectivity index (χ0v) is 14.1. The van der Waals surface area contributed by atoms with Gasteiger partial charge in [0.15, 0.2) is 17.8 Å². The first-order valence-corrected chi connectivity index (χ1v) is 7.58. The molecule has 0 spiro atoms. The summed E-state index contributed by atoms with van der Waals surface area (Å²) in [6.45, 7) is 0.739. The molecule has 1 heterocycles. The van der Waals surface area contributed by atoms with E-state index in [2.05, 4.69) is 0 Å². The largest absolute Gasteiger partial charge is 0.493 e. The predicted molar refractivity (Wildman–Crippen MR) is 86.5 cm³/mol. The van der Waals surface area contributed by atoms with Crippen molar-refractivity contribution in [2.24, 2.45) is 0 Å². The van der Waals surface area contributed by atoms with Crippen LogP contribution < -0.4 is 15.2 Å². The number of aliphatic hydroxyl groups is 1. The van der Waals surface area contributed by atoms with Gasteiger partial charge in [-0.25, -0.2) is 0 Å². The Morgan fingerprint density at radius 3 is 2.30 bits per heavy atom. The predicted octanol–water partition coefficient (Wildman–Crippen LogP) is 1.36. The molecule has 2 rings (SSSR count). The second kappa shape index (κ2) is 7.83. The molecular weight excluding hydrogens is 300 g/mol. The number of hydrogen-bond acceptors (Lipinski definition) is 7. The Hall–Kier alpha value is -1.54. The maximum absolute atomic E-state index is 10.8. The summed E-state index contributed by atoms with van der Waals surface area (Å²) in [5.41, 5.74) is 7.13. The van der Waals surface area contributed by atoms with Gasteiger partial charge in [-0.3, -0.25) is 4.90 Å². The van der Waals surface area contributed by atoms with Gasteiger partial charge in [-0.2, -0.15) is 0 Å². The van der Waals surface area contributed by atoms with Crippen LogP contribution in [0.15, 0.2) is 12.1 Å². The number of aliphatic hydroxyl groups excluding tert-OH is 1. The highest BCUT2D eigenvalue weighted by molar-refractivity contribution is 5.58. The molecule has 3 N–H and O–H groups in total. The van der Waals surface area contributed by atoms with Crippen molar-refractivity contribution in [2.45, 2.75) is 31.4 Å². The molecule has 7 heteroatoms. The lowest BCUT2D eigenvalue weighted by atomic mass is 10.1. The SMILES string of the molecule is COc1cc(N)c(C(O)N2CCC[C@H]2C(OC)OC)cc1OC. The summed E-state index contributed by atoms with van der Waals surface area (Å²) in [5.74, 6) is 1.06. The molecule has 1 saturated heterocycles. The molecule has 0 aromatic heterocycles. The molecule has 0 aliphatic carbocycles. The maximum atomic E-state index is 10.8. The van der Waals surface area contributed by atoms with E-state index < -0.39 is 12.5 Å². The van der Waals surface area contributed by atoms with E-state index in [4.69, 9.17) is 24.7 Å². The molecule has 1 aromatic carbocycles. The fraction of sp³-hybridized carbons (Fsp3) is 0.625. The van der Waals surface area contributed by atoms with Crippen molar-refractivity contribution in [3.8, 4) is 11.5 Å². The van der Waals surface area contributed by atoms with Crippen LogP contribution in [0.4, 0.5) is 5.69 Å². The maximum Gasteiger partial charge on any atom is 0.172 e. The van der Waals surface area contributed by atoms with Crippen molar-refractivity contribution in [1.29, 1.82) is 0 Å². The van der Waals surface area contributed by atoms with E-state index in [0.717, 1.165) is 19.4 Å². The molecule has 1 unspecified atom stereocenters. The van der Waals surface area contributed by atoms with Gasteiger partial charge >= 0.3 is 0 Å². The highest BCUT2D eigenvalue weighted by atomic mass is 16.7. The van der Waals surface area contributed by atoms with Gasteiger partial charge in [0.05, 0.1) is 20.3 Å². The Morgan fingerprint density at radius 2 is 1.74 bits per heavy atom. The summed E-state index contributed by atoms with van der Waals surface area (Å²) in [7, 11) is 6.30. The Kier molecular flexibility index (Phi) is 6.06. The van der Waals surface area contributed by atoms with Crippen LogP contribution in [0.25, 0.3) is 0 Å². The Bertz CT molecular complexity index is 521. The van der Waals surface area contributed by atoms with Gasteiger partial charge in [0.2, 0.25) is 0 Å². The van der Waals surface area contributed by atoms with Gasteiger partial charge in [0.25, 0.3) is 0 Å². The zero-order chi connectivity index (χ0) is 17.0. The molecule has 0 bridgehead atoms. The molecule has 2 atom stereocenters. The van der Waals surface area contributed by atoms with Crippen LogP contribution in [0, 0.1) is 0 Å². The monoisotopic (exact) mass is 326 g/mol. The van der Waals surface area contributed by atoms with Crippen molar-refractivity contribution in [3.05, 3.63) is 17.7 Å². The first kappa shape index (κ1) is 17.8. The molecule has 0 radical (unpaired) electrons. The number of nitrogen functional groups attached to an aromatic ring is 1. The Balaban J connectivity index is 2.30. The number of hydrogen-bond donors (Lipinski definition) is 2. The third-order valence-corrected chi connectivity index (χ3v) is 4.30. The highest BCUT2D eigenvalue weighted by Gasteiger charge is 2.37. The Labute approximate surface area is 136 Å². The molecule has 0 amide bonds. The number of rotatable bonds is 7. The second-order valence-corrected chi connectivity index (χ2v) is 5.50. The average molecular weight is 326 g/mol. The van der Waals surface area contributed by atoms with Crippen LogP contribution >= 0.6 is 0 Å². The fourth-order valence-corrected chi connectivity index (χ4v) is 3.13. The smallest absolute Gasteiger partial charge is 0.172 e. The minimum Gasteiger partial charge on any atom is -0.493 e.